The van der Waals surface area contributed by atoms with Gasteiger partial charge in [-0.1, -0.05) is 45.4 Å². The maximum atomic E-state index is 13.6. The molecule has 0 bridgehead atoms. The van der Waals surface area contributed by atoms with Crippen LogP contribution < -0.4 is 27.4 Å². The normalized spacial score (nSPS) is 11.4. The summed E-state index contributed by atoms with van der Waals surface area (Å²) in [6.45, 7) is 6.49. The average Bonchev–Trinajstić information content (AvgIpc) is 2.96. The van der Waals surface area contributed by atoms with Gasteiger partial charge >= 0.3 is 5.97 Å². The second-order valence-corrected chi connectivity index (χ2v) is 10.6. The Morgan fingerprint density at radius 1 is 0.814 bits per heavy atom. The van der Waals surface area contributed by atoms with Crippen LogP contribution in [0.4, 0.5) is 11.4 Å². The van der Waals surface area contributed by atoms with Crippen molar-refractivity contribution < 1.29 is 29.1 Å². The van der Waals surface area contributed by atoms with Crippen LogP contribution in [-0.4, -0.2) is 47.3 Å². The van der Waals surface area contributed by atoms with E-state index in [-0.39, 0.29) is 33.7 Å². The standard InChI is InChI=1S/C32H37N5O6/c1-4-5-13-35-21-10-12-23(25(17-21)31(41)36-22-8-6-7-19(15-22)28(33)38)24-11-9-20(16-26(24)32(42)43)30(40)37-27(29(34)39)14-18(2)3/h6-12,15-18,27,35H,4-5,13-14H2,1-3H3,(H2,33,38)(H2,34,39)(H,36,41)(H,37,40)(H,42,43)/t27-/m0/s1. The Bertz CT molecular complexity index is 1530. The lowest BCUT2D eigenvalue weighted by Crippen LogP contribution is -2.45. The molecule has 0 heterocycles. The van der Waals surface area contributed by atoms with E-state index in [0.29, 0.717) is 29.9 Å². The minimum atomic E-state index is -1.32. The summed E-state index contributed by atoms with van der Waals surface area (Å²) in [5, 5.41) is 18.7. The number of carboxylic acid groups (broad SMARTS) is 1. The van der Waals surface area contributed by atoms with Crippen molar-refractivity contribution in [3.63, 3.8) is 0 Å². The molecular formula is C32H37N5O6. The number of nitrogens with two attached hydrogens (primary N) is 2. The molecule has 4 amide bonds. The number of carbonyl (C=O) groups is 5. The molecule has 0 aromatic heterocycles. The molecule has 0 radical (unpaired) electrons. The van der Waals surface area contributed by atoms with Gasteiger partial charge in [0.05, 0.1) is 5.56 Å². The third-order valence-electron chi connectivity index (χ3n) is 6.69. The van der Waals surface area contributed by atoms with Crippen LogP contribution in [0, 0.1) is 5.92 Å². The van der Waals surface area contributed by atoms with Crippen LogP contribution >= 0.6 is 0 Å². The molecule has 3 aromatic carbocycles. The molecule has 0 unspecified atom stereocenters. The van der Waals surface area contributed by atoms with Crippen LogP contribution in [0.5, 0.6) is 0 Å². The first-order valence-corrected chi connectivity index (χ1v) is 14.0. The molecule has 0 saturated heterocycles. The first kappa shape index (κ1) is 32.3. The zero-order chi connectivity index (χ0) is 31.7. The number of nitrogens with one attached hydrogen (secondary N) is 3. The van der Waals surface area contributed by atoms with Crippen LogP contribution in [0.25, 0.3) is 11.1 Å². The van der Waals surface area contributed by atoms with E-state index in [0.717, 1.165) is 12.8 Å². The first-order chi connectivity index (χ1) is 20.4. The summed E-state index contributed by atoms with van der Waals surface area (Å²) in [4.78, 5) is 62.4. The number of aromatic carboxylic acids is 1. The highest BCUT2D eigenvalue weighted by atomic mass is 16.4. The van der Waals surface area contributed by atoms with Gasteiger partial charge in [0, 0.05) is 34.6 Å². The molecule has 0 aliphatic rings. The number of hydrogen-bond donors (Lipinski definition) is 6. The molecule has 3 aromatic rings. The molecule has 0 saturated carbocycles. The fraction of sp³-hybridized carbons (Fsp3) is 0.281. The van der Waals surface area contributed by atoms with Crippen molar-refractivity contribution in [3.8, 4) is 11.1 Å². The number of benzene rings is 3. The highest BCUT2D eigenvalue weighted by Crippen LogP contribution is 2.31. The largest absolute Gasteiger partial charge is 0.478 e. The monoisotopic (exact) mass is 587 g/mol. The zero-order valence-corrected chi connectivity index (χ0v) is 24.4. The second kappa shape index (κ2) is 14.6. The number of rotatable bonds is 14. The first-order valence-electron chi connectivity index (χ1n) is 14.0. The minimum absolute atomic E-state index is 0.0169. The van der Waals surface area contributed by atoms with E-state index in [1.165, 1.54) is 30.3 Å². The highest BCUT2D eigenvalue weighted by molar-refractivity contribution is 6.12. The summed E-state index contributed by atoms with van der Waals surface area (Å²) in [5.74, 6) is -3.78. The van der Waals surface area contributed by atoms with Crippen molar-refractivity contribution in [2.45, 2.75) is 46.1 Å². The van der Waals surface area contributed by atoms with Gasteiger partial charge < -0.3 is 32.5 Å². The van der Waals surface area contributed by atoms with E-state index in [2.05, 4.69) is 22.9 Å². The van der Waals surface area contributed by atoms with Gasteiger partial charge in [-0.15, -0.1) is 0 Å². The topological polar surface area (TPSA) is 194 Å². The predicted molar refractivity (Wildman–Crippen MR) is 165 cm³/mol. The van der Waals surface area contributed by atoms with E-state index in [9.17, 15) is 29.1 Å². The summed E-state index contributed by atoms with van der Waals surface area (Å²) in [5.41, 5.74) is 12.5. The SMILES string of the molecule is CCCCNc1ccc(-c2ccc(C(=O)N[C@@H](CC(C)C)C(N)=O)cc2C(=O)O)c(C(=O)Nc2cccc(C(N)=O)c2)c1. The summed E-state index contributed by atoms with van der Waals surface area (Å²) in [6.07, 6.45) is 2.20. The molecule has 1 atom stereocenters. The fourth-order valence-electron chi connectivity index (χ4n) is 4.49. The van der Waals surface area contributed by atoms with Crippen molar-refractivity contribution in [1.29, 1.82) is 0 Å². The van der Waals surface area contributed by atoms with Gasteiger partial charge in [0.1, 0.15) is 6.04 Å². The van der Waals surface area contributed by atoms with Gasteiger partial charge in [0.2, 0.25) is 11.8 Å². The lowest BCUT2D eigenvalue weighted by atomic mass is 9.92. The quantitative estimate of drug-likeness (QED) is 0.152. The van der Waals surface area contributed by atoms with Crippen LogP contribution in [0.3, 0.4) is 0 Å². The molecule has 43 heavy (non-hydrogen) atoms. The third kappa shape index (κ3) is 8.65. The molecule has 11 nitrogen and oxygen atoms in total. The third-order valence-corrected chi connectivity index (χ3v) is 6.69. The van der Waals surface area contributed by atoms with Crippen molar-refractivity contribution >= 4 is 41.0 Å². The van der Waals surface area contributed by atoms with E-state index in [4.69, 9.17) is 11.5 Å². The summed E-state index contributed by atoms with van der Waals surface area (Å²) in [7, 11) is 0. The Balaban J connectivity index is 2.05. The van der Waals surface area contributed by atoms with Crippen molar-refractivity contribution in [2.75, 3.05) is 17.2 Å². The van der Waals surface area contributed by atoms with E-state index < -0.39 is 35.6 Å². The average molecular weight is 588 g/mol. The Kier molecular flexibility index (Phi) is 11.0. The molecule has 0 aliphatic heterocycles. The van der Waals surface area contributed by atoms with E-state index >= 15 is 0 Å². The Morgan fingerprint density at radius 2 is 1.51 bits per heavy atom. The smallest absolute Gasteiger partial charge is 0.336 e. The van der Waals surface area contributed by atoms with Gasteiger partial charge in [-0.3, -0.25) is 19.2 Å². The summed E-state index contributed by atoms with van der Waals surface area (Å²) < 4.78 is 0. The van der Waals surface area contributed by atoms with Gasteiger partial charge in [-0.25, -0.2) is 4.79 Å². The van der Waals surface area contributed by atoms with Crippen LogP contribution in [0.15, 0.2) is 60.7 Å². The number of amides is 4. The minimum Gasteiger partial charge on any atom is -0.478 e. The highest BCUT2D eigenvalue weighted by Gasteiger charge is 2.24. The van der Waals surface area contributed by atoms with Crippen molar-refractivity contribution in [1.82, 2.24) is 5.32 Å². The number of unbranched alkanes of at least 4 members (excludes halogenated alkanes) is 1. The Morgan fingerprint density at radius 3 is 2.14 bits per heavy atom. The predicted octanol–water partition coefficient (Wildman–Crippen LogP) is 4.24. The maximum absolute atomic E-state index is 13.6. The summed E-state index contributed by atoms with van der Waals surface area (Å²) >= 11 is 0. The van der Waals surface area contributed by atoms with Gasteiger partial charge in [-0.05, 0) is 72.4 Å². The Labute approximate surface area is 250 Å². The molecule has 11 heteroatoms. The molecule has 0 spiro atoms. The molecule has 0 aliphatic carbocycles. The van der Waals surface area contributed by atoms with Gasteiger partial charge in [0.15, 0.2) is 0 Å². The zero-order valence-electron chi connectivity index (χ0n) is 24.4. The molecular weight excluding hydrogens is 550 g/mol. The molecule has 8 N–H and O–H groups in total. The van der Waals surface area contributed by atoms with E-state index in [1.54, 1.807) is 30.3 Å². The Hall–Kier alpha value is -5.19. The molecule has 3 rings (SSSR count). The maximum Gasteiger partial charge on any atom is 0.336 e. The van der Waals surface area contributed by atoms with Crippen molar-refractivity contribution in [2.24, 2.45) is 17.4 Å². The van der Waals surface area contributed by atoms with Crippen molar-refractivity contribution in [3.05, 3.63) is 82.9 Å². The van der Waals surface area contributed by atoms with Gasteiger partial charge in [0.25, 0.3) is 11.8 Å². The number of carbonyl (C=O) groups excluding carboxylic acids is 4. The lowest BCUT2D eigenvalue weighted by Gasteiger charge is -2.18. The number of carboxylic acids is 1. The number of hydrogen-bond acceptors (Lipinski definition) is 6. The lowest BCUT2D eigenvalue weighted by molar-refractivity contribution is -0.120. The van der Waals surface area contributed by atoms with Gasteiger partial charge in [-0.2, -0.15) is 0 Å². The second-order valence-electron chi connectivity index (χ2n) is 10.6. The van der Waals surface area contributed by atoms with Crippen LogP contribution in [-0.2, 0) is 4.79 Å². The number of anilines is 2. The van der Waals surface area contributed by atoms with Crippen LogP contribution in [0.2, 0.25) is 0 Å². The van der Waals surface area contributed by atoms with Crippen LogP contribution in [0.1, 0.15) is 81.5 Å². The number of primary amides is 2. The molecule has 226 valence electrons. The fourth-order valence-corrected chi connectivity index (χ4v) is 4.49. The summed E-state index contributed by atoms with van der Waals surface area (Å²) in [6, 6.07) is 14.3. The molecule has 0 fully saturated rings. The van der Waals surface area contributed by atoms with E-state index in [1.807, 2.05) is 13.8 Å².